The Bertz CT molecular complexity index is 1300. The highest BCUT2D eigenvalue weighted by atomic mass is 28.3. The predicted octanol–water partition coefficient (Wildman–Crippen LogP) is 8.20. The Morgan fingerprint density at radius 3 is 1.16 bits per heavy atom. The lowest BCUT2D eigenvalue weighted by Crippen LogP contribution is -2.32. The van der Waals surface area contributed by atoms with Crippen LogP contribution >= 0.6 is 0 Å². The van der Waals surface area contributed by atoms with Gasteiger partial charge in [0.15, 0.2) is 0 Å². The number of benzene rings is 4. The van der Waals surface area contributed by atoms with Gasteiger partial charge in [0.05, 0.1) is 14.2 Å². The van der Waals surface area contributed by atoms with Crippen molar-refractivity contribution in [1.29, 1.82) is 0 Å². The molecule has 0 unspecified atom stereocenters. The van der Waals surface area contributed by atoms with E-state index in [0.29, 0.717) is 0 Å². The van der Waals surface area contributed by atoms with E-state index in [9.17, 15) is 0 Å². The zero-order valence-corrected chi connectivity index (χ0v) is 23.1. The van der Waals surface area contributed by atoms with Gasteiger partial charge >= 0.3 is 0 Å². The van der Waals surface area contributed by atoms with E-state index in [-0.39, 0.29) is 0 Å². The molecular weight excluding hydrogens is 468 g/mol. The third-order valence-electron chi connectivity index (χ3n) is 7.57. The Hall–Kier alpha value is -3.82. The lowest BCUT2D eigenvalue weighted by atomic mass is 9.89. The molecule has 0 N–H and O–H groups in total. The Labute approximate surface area is 221 Å². The largest absolute Gasteiger partial charge is 0.497 e. The molecule has 0 spiro atoms. The molecule has 3 heteroatoms. The monoisotopic (exact) mass is 502 g/mol. The highest BCUT2D eigenvalue weighted by Crippen LogP contribution is 2.50. The minimum Gasteiger partial charge on any atom is -0.497 e. The van der Waals surface area contributed by atoms with Crippen LogP contribution in [0.4, 0.5) is 0 Å². The summed E-state index contributed by atoms with van der Waals surface area (Å²) in [5.74, 6) is 1.79. The van der Waals surface area contributed by atoms with Crippen molar-refractivity contribution in [3.8, 4) is 11.5 Å². The quantitative estimate of drug-likeness (QED) is 0.226. The lowest BCUT2D eigenvalue weighted by molar-refractivity contribution is 0.414. The summed E-state index contributed by atoms with van der Waals surface area (Å²) in [7, 11) is 1.44. The van der Waals surface area contributed by atoms with E-state index in [4.69, 9.17) is 9.47 Å². The van der Waals surface area contributed by atoms with Crippen LogP contribution in [-0.2, 0) is 12.8 Å². The second-order valence-electron chi connectivity index (χ2n) is 10.1. The molecule has 0 aliphatic carbocycles. The van der Waals surface area contributed by atoms with Gasteiger partial charge in [0.1, 0.15) is 19.6 Å². The van der Waals surface area contributed by atoms with Gasteiger partial charge < -0.3 is 9.47 Å². The van der Waals surface area contributed by atoms with E-state index in [1.165, 1.54) is 33.4 Å². The molecular formula is C34H34O2Si. The molecule has 1 heterocycles. The fraction of sp³-hybridized carbons (Fsp3) is 0.176. The van der Waals surface area contributed by atoms with Crippen LogP contribution in [0.3, 0.4) is 0 Å². The molecule has 0 atom stereocenters. The van der Waals surface area contributed by atoms with E-state index >= 15 is 0 Å². The van der Waals surface area contributed by atoms with Crippen molar-refractivity contribution in [3.63, 3.8) is 0 Å². The first kappa shape index (κ1) is 24.9. The maximum absolute atomic E-state index is 5.42. The highest BCUT2D eigenvalue weighted by Gasteiger charge is 2.42. The predicted molar refractivity (Wildman–Crippen MR) is 158 cm³/mol. The summed E-state index contributed by atoms with van der Waals surface area (Å²) in [6.45, 7) is 5.06. The van der Waals surface area contributed by atoms with Gasteiger partial charge in [0, 0.05) is 0 Å². The van der Waals surface area contributed by atoms with Crippen molar-refractivity contribution < 1.29 is 9.47 Å². The topological polar surface area (TPSA) is 18.5 Å². The van der Waals surface area contributed by atoms with E-state index < -0.39 is 8.07 Å². The maximum atomic E-state index is 5.42. The van der Waals surface area contributed by atoms with Gasteiger partial charge in [0.2, 0.25) is 0 Å². The molecule has 0 bridgehead atoms. The van der Waals surface area contributed by atoms with Crippen LogP contribution in [0, 0.1) is 0 Å². The van der Waals surface area contributed by atoms with Crippen LogP contribution in [0.1, 0.15) is 22.3 Å². The van der Waals surface area contributed by atoms with Gasteiger partial charge in [-0.2, -0.15) is 0 Å². The highest BCUT2D eigenvalue weighted by molar-refractivity contribution is 6.94. The Balaban J connectivity index is 1.70. The van der Waals surface area contributed by atoms with Gasteiger partial charge in [-0.25, -0.2) is 0 Å². The van der Waals surface area contributed by atoms with Crippen LogP contribution in [0.2, 0.25) is 13.1 Å². The summed E-state index contributed by atoms with van der Waals surface area (Å²) < 4.78 is 10.8. The van der Waals surface area contributed by atoms with Crippen molar-refractivity contribution in [3.05, 3.63) is 142 Å². The van der Waals surface area contributed by atoms with Crippen LogP contribution in [0.25, 0.3) is 11.1 Å². The summed E-state index contributed by atoms with van der Waals surface area (Å²) in [5, 5.41) is 3.18. The minimum atomic E-state index is -2.00. The summed E-state index contributed by atoms with van der Waals surface area (Å²) in [6, 6.07) is 39.1. The number of allylic oxidation sites excluding steroid dienone is 4. The minimum absolute atomic E-state index is 0.896. The average molecular weight is 503 g/mol. The molecule has 186 valence electrons. The molecule has 0 radical (unpaired) electrons. The second-order valence-corrected chi connectivity index (χ2v) is 14.6. The van der Waals surface area contributed by atoms with Crippen molar-refractivity contribution >= 4 is 19.2 Å². The molecule has 4 aromatic carbocycles. The first-order chi connectivity index (χ1) is 18.0. The standard InChI is InChI=1S/C34H34O2Si/c1-35-29-19-15-25(16-20-29)23-31-33(27-11-7-5-8-12-27)34(28-13-9-6-10-14-28)32(37(31,3)4)24-26-17-21-30(36-2)22-18-26/h5-22H,23-24H2,1-4H3. The zero-order chi connectivity index (χ0) is 25.8. The third kappa shape index (κ3) is 5.05. The van der Waals surface area contributed by atoms with Crippen molar-refractivity contribution in [2.45, 2.75) is 25.9 Å². The lowest BCUT2D eigenvalue weighted by Gasteiger charge is -2.26. The van der Waals surface area contributed by atoms with Crippen molar-refractivity contribution in [2.75, 3.05) is 14.2 Å². The smallest absolute Gasteiger partial charge is 0.118 e. The normalized spacial score (nSPS) is 14.7. The molecule has 1 aliphatic rings. The van der Waals surface area contributed by atoms with Gasteiger partial charge in [-0.05, 0) is 70.5 Å². The fourth-order valence-electron chi connectivity index (χ4n) is 5.47. The number of hydrogen-bond acceptors (Lipinski definition) is 2. The van der Waals surface area contributed by atoms with Crippen molar-refractivity contribution in [1.82, 2.24) is 0 Å². The second kappa shape index (κ2) is 10.7. The Morgan fingerprint density at radius 2 is 0.838 bits per heavy atom. The van der Waals surface area contributed by atoms with E-state index in [1.54, 1.807) is 24.6 Å². The van der Waals surface area contributed by atoms with E-state index in [0.717, 1.165) is 24.3 Å². The van der Waals surface area contributed by atoms with Crippen molar-refractivity contribution in [2.24, 2.45) is 0 Å². The molecule has 2 nitrogen and oxygen atoms in total. The molecule has 1 aliphatic heterocycles. The molecule has 0 saturated heterocycles. The average Bonchev–Trinajstić information content (AvgIpc) is 3.16. The van der Waals surface area contributed by atoms with Gasteiger partial charge in [-0.1, -0.05) is 108 Å². The van der Waals surface area contributed by atoms with Crippen LogP contribution in [0.5, 0.6) is 11.5 Å². The summed E-state index contributed by atoms with van der Waals surface area (Å²) in [4.78, 5) is 0. The Morgan fingerprint density at radius 1 is 0.486 bits per heavy atom. The summed E-state index contributed by atoms with van der Waals surface area (Å²) in [5.41, 5.74) is 8.08. The zero-order valence-electron chi connectivity index (χ0n) is 22.1. The number of hydrogen-bond donors (Lipinski definition) is 0. The number of ether oxygens (including phenoxy) is 2. The first-order valence-electron chi connectivity index (χ1n) is 12.9. The number of methoxy groups -OCH3 is 2. The van der Waals surface area contributed by atoms with Crippen LogP contribution in [0.15, 0.2) is 120 Å². The maximum Gasteiger partial charge on any atom is 0.118 e. The van der Waals surface area contributed by atoms with E-state index in [1.807, 2.05) is 0 Å². The third-order valence-corrected chi connectivity index (χ3v) is 11.4. The number of rotatable bonds is 8. The molecule has 0 amide bonds. The summed E-state index contributed by atoms with van der Waals surface area (Å²) >= 11 is 0. The molecule has 0 saturated carbocycles. The van der Waals surface area contributed by atoms with Crippen LogP contribution in [-0.4, -0.2) is 22.3 Å². The van der Waals surface area contributed by atoms with Gasteiger partial charge in [-0.15, -0.1) is 0 Å². The first-order valence-corrected chi connectivity index (χ1v) is 15.9. The van der Waals surface area contributed by atoms with Crippen LogP contribution < -0.4 is 9.47 Å². The molecule has 0 fully saturated rings. The Kier molecular flexibility index (Phi) is 7.16. The summed E-state index contributed by atoms with van der Waals surface area (Å²) in [6.07, 6.45) is 1.88. The molecule has 5 rings (SSSR count). The van der Waals surface area contributed by atoms with Gasteiger partial charge in [-0.3, -0.25) is 0 Å². The fourth-order valence-corrected chi connectivity index (χ4v) is 8.91. The molecule has 4 aromatic rings. The molecule has 37 heavy (non-hydrogen) atoms. The van der Waals surface area contributed by atoms with Gasteiger partial charge in [0.25, 0.3) is 0 Å². The molecule has 0 aromatic heterocycles. The van der Waals surface area contributed by atoms with E-state index in [2.05, 4.69) is 122 Å². The SMILES string of the molecule is COc1ccc(CC2=C(c3ccccc3)C(c3ccccc3)=C(Cc3ccc(OC)cc3)[Si]2(C)C)cc1.